The molecule has 3 aromatic carbocycles. The average molecular weight is 521 g/mol. The summed E-state index contributed by atoms with van der Waals surface area (Å²) in [4.78, 5) is 28.7. The van der Waals surface area contributed by atoms with Crippen LogP contribution < -0.4 is 14.8 Å². The van der Waals surface area contributed by atoms with Gasteiger partial charge in [0.25, 0.3) is 0 Å². The minimum absolute atomic E-state index is 0.00383. The van der Waals surface area contributed by atoms with E-state index in [0.29, 0.717) is 36.4 Å². The summed E-state index contributed by atoms with van der Waals surface area (Å²) in [6, 6.07) is 20.7. The first kappa shape index (κ1) is 28.7. The van der Waals surface area contributed by atoms with Gasteiger partial charge in [-0.1, -0.05) is 67.9 Å². The van der Waals surface area contributed by atoms with Crippen molar-refractivity contribution in [3.8, 4) is 11.5 Å². The molecule has 0 radical (unpaired) electrons. The highest BCUT2D eigenvalue weighted by Gasteiger charge is 2.30. The zero-order valence-corrected chi connectivity index (χ0v) is 22.4. The third-order valence-electron chi connectivity index (χ3n) is 6.47. The number of hydrogen-bond donors (Lipinski definition) is 1. The lowest BCUT2D eigenvalue weighted by atomic mass is 10.0. The van der Waals surface area contributed by atoms with E-state index in [0.717, 1.165) is 24.0 Å². The van der Waals surface area contributed by atoms with Crippen molar-refractivity contribution in [2.24, 2.45) is 0 Å². The van der Waals surface area contributed by atoms with Crippen molar-refractivity contribution in [3.63, 3.8) is 0 Å². The van der Waals surface area contributed by atoms with Crippen molar-refractivity contribution in [2.45, 2.75) is 51.6 Å². The van der Waals surface area contributed by atoms with Crippen molar-refractivity contribution < 1.29 is 23.5 Å². The van der Waals surface area contributed by atoms with Gasteiger partial charge in [-0.25, -0.2) is 4.39 Å². The molecule has 0 fully saturated rings. The zero-order valence-electron chi connectivity index (χ0n) is 22.4. The van der Waals surface area contributed by atoms with Gasteiger partial charge in [-0.2, -0.15) is 0 Å². The number of ether oxygens (including phenoxy) is 2. The average Bonchev–Trinajstić information content (AvgIpc) is 2.94. The summed E-state index contributed by atoms with van der Waals surface area (Å²) in [6.07, 6.45) is 2.69. The maximum Gasteiger partial charge on any atom is 0.243 e. The van der Waals surface area contributed by atoms with Crippen LogP contribution in [0.5, 0.6) is 11.5 Å². The summed E-state index contributed by atoms with van der Waals surface area (Å²) in [7, 11) is 3.13. The Kier molecular flexibility index (Phi) is 11.1. The molecule has 1 atom stereocenters. The standard InChI is InChI=1S/C31H37FN2O4/c1-4-5-19-33-31(36)27(20-23-11-7-6-8-12-23)34(22-25-13-9-10-14-26(25)32)30(35)18-16-24-15-17-28(37-2)29(21-24)38-3/h6-15,17,21,27H,4-5,16,18-20,22H2,1-3H3,(H,33,36). The molecule has 6 nitrogen and oxygen atoms in total. The summed E-state index contributed by atoms with van der Waals surface area (Å²) in [6.45, 7) is 2.57. The van der Waals surface area contributed by atoms with Crippen LogP contribution in [0.4, 0.5) is 4.39 Å². The number of aryl methyl sites for hydroxylation is 1. The fraction of sp³-hybridized carbons (Fsp3) is 0.355. The van der Waals surface area contributed by atoms with Crippen LogP contribution in [0.2, 0.25) is 0 Å². The quantitative estimate of drug-likeness (QED) is 0.292. The lowest BCUT2D eigenvalue weighted by Crippen LogP contribution is -2.50. The van der Waals surface area contributed by atoms with E-state index in [4.69, 9.17) is 9.47 Å². The zero-order chi connectivity index (χ0) is 27.3. The van der Waals surface area contributed by atoms with Crippen LogP contribution in [0.1, 0.15) is 42.9 Å². The highest BCUT2D eigenvalue weighted by Crippen LogP contribution is 2.28. The second-order valence-electron chi connectivity index (χ2n) is 9.15. The van der Waals surface area contributed by atoms with Crippen molar-refractivity contribution >= 4 is 11.8 Å². The maximum atomic E-state index is 14.7. The molecule has 1 unspecified atom stereocenters. The van der Waals surface area contributed by atoms with Gasteiger partial charge in [0.15, 0.2) is 11.5 Å². The molecule has 0 aromatic heterocycles. The summed E-state index contributed by atoms with van der Waals surface area (Å²) < 4.78 is 25.4. The number of rotatable bonds is 14. The molecule has 1 N–H and O–H groups in total. The predicted molar refractivity (Wildman–Crippen MR) is 147 cm³/mol. The maximum absolute atomic E-state index is 14.7. The third-order valence-corrected chi connectivity index (χ3v) is 6.47. The number of methoxy groups -OCH3 is 2. The largest absolute Gasteiger partial charge is 0.493 e. The molecule has 0 heterocycles. The first-order valence-corrected chi connectivity index (χ1v) is 13.0. The van der Waals surface area contributed by atoms with Crippen molar-refractivity contribution in [1.82, 2.24) is 10.2 Å². The normalized spacial score (nSPS) is 11.5. The van der Waals surface area contributed by atoms with Crippen LogP contribution in [-0.4, -0.2) is 43.5 Å². The molecular formula is C31H37FN2O4. The molecule has 0 bridgehead atoms. The predicted octanol–water partition coefficient (Wildman–Crippen LogP) is 5.33. The van der Waals surface area contributed by atoms with E-state index in [-0.39, 0.29) is 24.8 Å². The summed E-state index contributed by atoms with van der Waals surface area (Å²) in [5.74, 6) is 0.316. The smallest absolute Gasteiger partial charge is 0.243 e. The number of nitrogens with zero attached hydrogens (tertiary/aromatic N) is 1. The van der Waals surface area contributed by atoms with Gasteiger partial charge in [0.2, 0.25) is 11.8 Å². The number of amides is 2. The fourth-order valence-corrected chi connectivity index (χ4v) is 4.30. The van der Waals surface area contributed by atoms with Gasteiger partial charge < -0.3 is 19.7 Å². The highest BCUT2D eigenvalue weighted by atomic mass is 19.1. The number of carbonyl (C=O) groups is 2. The lowest BCUT2D eigenvalue weighted by Gasteiger charge is -2.32. The molecular weight excluding hydrogens is 483 g/mol. The van der Waals surface area contributed by atoms with Gasteiger partial charge in [0.05, 0.1) is 14.2 Å². The fourth-order valence-electron chi connectivity index (χ4n) is 4.30. The molecule has 0 aliphatic rings. The molecule has 0 aliphatic heterocycles. The Morgan fingerprint density at radius 3 is 2.32 bits per heavy atom. The van der Waals surface area contributed by atoms with E-state index in [2.05, 4.69) is 12.2 Å². The number of halogens is 1. The van der Waals surface area contributed by atoms with Crippen LogP contribution >= 0.6 is 0 Å². The van der Waals surface area contributed by atoms with E-state index < -0.39 is 11.9 Å². The molecule has 0 saturated carbocycles. The van der Waals surface area contributed by atoms with Gasteiger partial charge in [-0.3, -0.25) is 9.59 Å². The van der Waals surface area contributed by atoms with Crippen molar-refractivity contribution in [3.05, 3.63) is 95.3 Å². The summed E-state index contributed by atoms with van der Waals surface area (Å²) in [5.41, 5.74) is 2.19. The molecule has 202 valence electrons. The van der Waals surface area contributed by atoms with Gasteiger partial charge >= 0.3 is 0 Å². The number of nitrogens with one attached hydrogen (secondary N) is 1. The molecule has 0 aliphatic carbocycles. The molecule has 0 saturated heterocycles. The minimum atomic E-state index is -0.785. The second-order valence-corrected chi connectivity index (χ2v) is 9.15. The Bertz CT molecular complexity index is 1190. The van der Waals surface area contributed by atoms with E-state index >= 15 is 0 Å². The second kappa shape index (κ2) is 14.8. The van der Waals surface area contributed by atoms with Gasteiger partial charge in [0.1, 0.15) is 11.9 Å². The van der Waals surface area contributed by atoms with Crippen molar-refractivity contribution in [1.29, 1.82) is 0 Å². The molecule has 3 aromatic rings. The molecule has 2 amide bonds. The number of unbranched alkanes of at least 4 members (excludes halogenated alkanes) is 1. The third kappa shape index (κ3) is 8.07. The van der Waals surface area contributed by atoms with Gasteiger partial charge in [-0.15, -0.1) is 0 Å². The van der Waals surface area contributed by atoms with Crippen LogP contribution in [0.25, 0.3) is 0 Å². The Morgan fingerprint density at radius 2 is 1.63 bits per heavy atom. The van der Waals surface area contributed by atoms with Gasteiger partial charge in [-0.05, 0) is 42.2 Å². The monoisotopic (exact) mass is 520 g/mol. The SMILES string of the molecule is CCCCNC(=O)C(Cc1ccccc1)N(Cc1ccccc1F)C(=O)CCc1ccc(OC)c(OC)c1. The highest BCUT2D eigenvalue weighted by molar-refractivity contribution is 5.88. The molecule has 38 heavy (non-hydrogen) atoms. The Hall–Kier alpha value is -3.87. The first-order valence-electron chi connectivity index (χ1n) is 13.0. The molecule has 3 rings (SSSR count). The van der Waals surface area contributed by atoms with E-state index in [1.54, 1.807) is 38.5 Å². The Labute approximate surface area is 224 Å². The van der Waals surface area contributed by atoms with E-state index in [9.17, 15) is 14.0 Å². The summed E-state index contributed by atoms with van der Waals surface area (Å²) in [5, 5.41) is 2.98. The number of benzene rings is 3. The molecule has 7 heteroatoms. The van der Waals surface area contributed by atoms with E-state index in [1.807, 2.05) is 42.5 Å². The van der Waals surface area contributed by atoms with Crippen LogP contribution in [-0.2, 0) is 29.0 Å². The summed E-state index contributed by atoms with van der Waals surface area (Å²) >= 11 is 0. The lowest BCUT2D eigenvalue weighted by molar-refractivity contribution is -0.141. The van der Waals surface area contributed by atoms with Crippen molar-refractivity contribution in [2.75, 3.05) is 20.8 Å². The molecule has 0 spiro atoms. The van der Waals surface area contributed by atoms with Crippen LogP contribution in [0.15, 0.2) is 72.8 Å². The van der Waals surface area contributed by atoms with E-state index in [1.165, 1.54) is 11.0 Å². The Balaban J connectivity index is 1.90. The number of carbonyl (C=O) groups excluding carboxylic acids is 2. The van der Waals surface area contributed by atoms with Crippen LogP contribution in [0, 0.1) is 5.82 Å². The first-order chi connectivity index (χ1) is 18.5. The van der Waals surface area contributed by atoms with Crippen LogP contribution in [0.3, 0.4) is 0 Å². The topological polar surface area (TPSA) is 67.9 Å². The van der Waals surface area contributed by atoms with Gasteiger partial charge in [0, 0.05) is 31.5 Å². The minimum Gasteiger partial charge on any atom is -0.493 e. The number of hydrogen-bond acceptors (Lipinski definition) is 4. The Morgan fingerprint density at radius 1 is 0.921 bits per heavy atom.